The monoisotopic (exact) mass is 947 g/mol. The number of carboxylic acids is 1. The fraction of sp³-hybridized carbons (Fsp3) is 0.628. The van der Waals surface area contributed by atoms with Crippen molar-refractivity contribution < 1.29 is 58.5 Å². The number of benzene rings is 1. The predicted molar refractivity (Wildman–Crippen MR) is 244 cm³/mol. The Labute approximate surface area is 389 Å². The van der Waals surface area contributed by atoms with Gasteiger partial charge < -0.3 is 74.6 Å². The summed E-state index contributed by atoms with van der Waals surface area (Å²) in [7, 11) is 0. The Balaban J connectivity index is 2.13. The highest BCUT2D eigenvalue weighted by molar-refractivity contribution is 5.97. The number of phenolic OH excluding ortho intramolecular Hbond substituents is 1. The quantitative estimate of drug-likeness (QED) is 0.0232. The highest BCUT2D eigenvalue weighted by Crippen LogP contribution is 2.20. The normalized spacial score (nSPS) is 16.5. The number of carboxylic acid groups (broad SMARTS) is 1. The molecular formula is C43H70N12O12. The molecule has 1 heterocycles. The first-order valence-corrected chi connectivity index (χ1v) is 22.3. The fourth-order valence-corrected chi connectivity index (χ4v) is 6.99. The van der Waals surface area contributed by atoms with E-state index in [-0.39, 0.29) is 68.7 Å². The van der Waals surface area contributed by atoms with Gasteiger partial charge in [-0.1, -0.05) is 39.8 Å². The first-order chi connectivity index (χ1) is 31.4. The summed E-state index contributed by atoms with van der Waals surface area (Å²) in [4.78, 5) is 123. The number of aliphatic hydroxyl groups is 1. The largest absolute Gasteiger partial charge is 0.508 e. The number of aliphatic carboxylic acids is 1. The van der Waals surface area contributed by atoms with Crippen molar-refractivity contribution >= 4 is 59.2 Å². The molecule has 16 N–H and O–H groups in total. The van der Waals surface area contributed by atoms with Crippen LogP contribution in [0.4, 0.5) is 0 Å². The second kappa shape index (κ2) is 27.8. The van der Waals surface area contributed by atoms with Crippen LogP contribution < -0.4 is 54.4 Å². The van der Waals surface area contributed by atoms with Gasteiger partial charge in [0.05, 0.1) is 19.2 Å². The van der Waals surface area contributed by atoms with E-state index in [1.165, 1.54) is 38.1 Å². The van der Waals surface area contributed by atoms with E-state index in [2.05, 4.69) is 42.2 Å². The summed E-state index contributed by atoms with van der Waals surface area (Å²) in [6, 6.07) is -3.91. The van der Waals surface area contributed by atoms with Gasteiger partial charge >= 0.3 is 5.97 Å². The summed E-state index contributed by atoms with van der Waals surface area (Å²) in [5.74, 6) is -7.78. The lowest BCUT2D eigenvalue weighted by molar-refractivity contribution is -0.143. The smallest absolute Gasteiger partial charge is 0.326 e. The minimum Gasteiger partial charge on any atom is -0.508 e. The second-order valence-electron chi connectivity index (χ2n) is 17.4. The number of nitrogens with one attached hydrogen (secondary N) is 7. The molecule has 1 fully saturated rings. The molecule has 0 saturated carbocycles. The number of aliphatic hydroxyl groups excluding tert-OH is 1. The Bertz CT molecular complexity index is 1910. The third-order valence-electron chi connectivity index (χ3n) is 10.5. The van der Waals surface area contributed by atoms with Gasteiger partial charge in [0.25, 0.3) is 0 Å². The van der Waals surface area contributed by atoms with Gasteiger partial charge in [-0.2, -0.15) is 0 Å². The van der Waals surface area contributed by atoms with Gasteiger partial charge in [0.2, 0.25) is 47.3 Å². The summed E-state index contributed by atoms with van der Waals surface area (Å²) >= 11 is 0. The van der Waals surface area contributed by atoms with Gasteiger partial charge in [-0.15, -0.1) is 0 Å². The molecule has 0 spiro atoms. The van der Waals surface area contributed by atoms with Crippen LogP contribution in [0.2, 0.25) is 0 Å². The fourth-order valence-electron chi connectivity index (χ4n) is 6.99. The zero-order chi connectivity index (χ0) is 50.5. The number of aromatic hydroxyl groups is 1. The van der Waals surface area contributed by atoms with E-state index in [9.17, 15) is 58.5 Å². The summed E-state index contributed by atoms with van der Waals surface area (Å²) < 4.78 is 0. The van der Waals surface area contributed by atoms with Crippen LogP contribution in [0.1, 0.15) is 85.6 Å². The lowest BCUT2D eigenvalue weighted by Crippen LogP contribution is -2.60. The molecule has 1 aromatic rings. The maximum Gasteiger partial charge on any atom is 0.326 e. The van der Waals surface area contributed by atoms with Crippen molar-refractivity contribution in [3.8, 4) is 5.75 Å². The van der Waals surface area contributed by atoms with Crippen LogP contribution in [0.25, 0.3) is 0 Å². The Morgan fingerprint density at radius 3 is 1.87 bits per heavy atom. The molecule has 0 radical (unpaired) electrons. The van der Waals surface area contributed by atoms with Crippen molar-refractivity contribution in [2.45, 2.75) is 135 Å². The third kappa shape index (κ3) is 19.8. The van der Waals surface area contributed by atoms with Crippen molar-refractivity contribution in [3.05, 3.63) is 29.8 Å². The SMILES string of the molecule is CC(C)C[C@H](NC(=O)[C@H](Cc1ccc(O)cc1)NC(=O)[C@H](C)NC(=O)[C@@H]1CCCN1C(=O)[C@H](CO)NC(=O)[C@H](CC(C)C)NC(=O)CNC(=O)[C@H](CCCN=C(N)N)NC(=O)[C@H](C)N)C(=O)O. The molecule has 24 heteroatoms. The lowest BCUT2D eigenvalue weighted by Gasteiger charge is -2.30. The second-order valence-corrected chi connectivity index (χ2v) is 17.4. The summed E-state index contributed by atoms with van der Waals surface area (Å²) in [6.45, 7) is 8.66. The highest BCUT2D eigenvalue weighted by atomic mass is 16.4. The average Bonchev–Trinajstić information content (AvgIpc) is 3.75. The number of guanidine groups is 1. The minimum atomic E-state index is -1.55. The maximum absolute atomic E-state index is 13.8. The summed E-state index contributed by atoms with van der Waals surface area (Å²) in [5, 5.41) is 47.2. The Morgan fingerprint density at radius 2 is 1.30 bits per heavy atom. The number of carbonyl (C=O) groups is 9. The molecule has 1 saturated heterocycles. The number of likely N-dealkylation sites (tertiary alicyclic amines) is 1. The minimum absolute atomic E-state index is 0.0359. The van der Waals surface area contributed by atoms with Gasteiger partial charge in [0, 0.05) is 19.5 Å². The Morgan fingerprint density at radius 1 is 0.731 bits per heavy atom. The molecule has 0 bridgehead atoms. The van der Waals surface area contributed by atoms with E-state index in [0.717, 1.165) is 4.90 Å². The number of amides is 8. The van der Waals surface area contributed by atoms with Crippen molar-refractivity contribution in [1.29, 1.82) is 0 Å². The Hall–Kier alpha value is -6.56. The number of nitrogens with zero attached hydrogens (tertiary/aromatic N) is 2. The van der Waals surface area contributed by atoms with Crippen LogP contribution in [0.5, 0.6) is 5.75 Å². The van der Waals surface area contributed by atoms with Gasteiger partial charge in [-0.3, -0.25) is 43.3 Å². The molecule has 2 rings (SSSR count). The molecule has 1 aliphatic heterocycles. The molecule has 1 aliphatic rings. The molecule has 1 aromatic carbocycles. The summed E-state index contributed by atoms with van der Waals surface area (Å²) in [5.41, 5.74) is 16.9. The van der Waals surface area contributed by atoms with Crippen LogP contribution >= 0.6 is 0 Å². The van der Waals surface area contributed by atoms with Gasteiger partial charge in [-0.25, -0.2) is 4.79 Å². The maximum atomic E-state index is 13.8. The summed E-state index contributed by atoms with van der Waals surface area (Å²) in [6.07, 6.45) is 1.03. The number of carbonyl (C=O) groups excluding carboxylic acids is 8. The number of aliphatic imine (C=N–C) groups is 1. The number of rotatable bonds is 27. The molecule has 67 heavy (non-hydrogen) atoms. The number of phenols is 1. The molecule has 0 unspecified atom stereocenters. The average molecular weight is 947 g/mol. The standard InChI is InChI=1S/C43H70N12O12/c1-22(2)17-29(50-34(58)20-48-37(61)28(51-35(59)24(5)44)9-7-15-47-43(45)46)38(62)54-32(21-56)41(65)55-16-8-10-33(55)40(64)49-25(6)36(60)52-30(19-26-11-13-27(57)14-12-26)39(63)53-31(42(66)67)18-23(3)4/h11-14,22-25,28-33,56-57H,7-10,15-21,44H2,1-6H3,(H,48,61)(H,49,64)(H,50,58)(H,51,59)(H,52,60)(H,53,63)(H,54,62)(H,66,67)(H4,45,46,47)/t24-,25-,28-,29-,30-,31-,32-,33-/m0/s1. The van der Waals surface area contributed by atoms with Gasteiger partial charge in [0.15, 0.2) is 5.96 Å². The van der Waals surface area contributed by atoms with E-state index in [4.69, 9.17) is 17.2 Å². The third-order valence-corrected chi connectivity index (χ3v) is 10.5. The zero-order valence-corrected chi connectivity index (χ0v) is 39.0. The van der Waals surface area contributed by atoms with E-state index in [1.807, 2.05) is 0 Å². The molecule has 24 nitrogen and oxygen atoms in total. The van der Waals surface area contributed by atoms with E-state index in [0.29, 0.717) is 18.4 Å². The van der Waals surface area contributed by atoms with Crippen molar-refractivity contribution in [2.24, 2.45) is 34.0 Å². The molecule has 374 valence electrons. The lowest BCUT2D eigenvalue weighted by atomic mass is 10.0. The van der Waals surface area contributed by atoms with Gasteiger partial charge in [0.1, 0.15) is 48.0 Å². The van der Waals surface area contributed by atoms with Crippen LogP contribution in [0.3, 0.4) is 0 Å². The number of hydrogen-bond donors (Lipinski definition) is 13. The van der Waals surface area contributed by atoms with E-state index in [1.54, 1.807) is 27.7 Å². The first-order valence-electron chi connectivity index (χ1n) is 22.3. The highest BCUT2D eigenvalue weighted by Gasteiger charge is 2.39. The van der Waals surface area contributed by atoms with E-state index < -0.39 is 115 Å². The molecule has 8 amide bonds. The molecule has 8 atom stereocenters. The molecule has 0 aliphatic carbocycles. The van der Waals surface area contributed by atoms with E-state index >= 15 is 0 Å². The Kier molecular flexibility index (Phi) is 23.5. The molecular weight excluding hydrogens is 877 g/mol. The van der Waals surface area contributed by atoms with Crippen LogP contribution in [0, 0.1) is 11.8 Å². The first kappa shape index (κ1) is 56.6. The number of nitrogens with two attached hydrogens (primary N) is 3. The van der Waals surface area contributed by atoms with Crippen LogP contribution in [-0.4, -0.2) is 154 Å². The zero-order valence-electron chi connectivity index (χ0n) is 39.0. The predicted octanol–water partition coefficient (Wildman–Crippen LogP) is -3.46. The number of hydrogen-bond acceptors (Lipinski definition) is 13. The van der Waals surface area contributed by atoms with Gasteiger partial charge in [-0.05, 0) is 81.9 Å². The van der Waals surface area contributed by atoms with Crippen molar-refractivity contribution in [1.82, 2.24) is 42.1 Å². The van der Waals surface area contributed by atoms with Crippen molar-refractivity contribution in [2.75, 3.05) is 26.2 Å². The molecule has 0 aromatic heterocycles. The topological polar surface area (TPSA) is 392 Å². The van der Waals surface area contributed by atoms with Crippen molar-refractivity contribution in [3.63, 3.8) is 0 Å². The van der Waals surface area contributed by atoms with Crippen LogP contribution in [0.15, 0.2) is 29.3 Å². The van der Waals surface area contributed by atoms with Crippen LogP contribution in [-0.2, 0) is 49.6 Å².